The second-order valence-electron chi connectivity index (χ2n) is 6.72. The molecule has 2 saturated heterocycles. The molecule has 0 aliphatic carbocycles. The van der Waals surface area contributed by atoms with Crippen LogP contribution in [0.2, 0.25) is 0 Å². The number of hydrogen-bond donors (Lipinski definition) is 4. The number of aromatic nitrogens is 3. The summed E-state index contributed by atoms with van der Waals surface area (Å²) in [5.74, 6) is -1.07. The van der Waals surface area contributed by atoms with E-state index in [0.717, 1.165) is 0 Å². The van der Waals surface area contributed by atoms with E-state index in [1.54, 1.807) is 12.1 Å². The average Bonchev–Trinajstić information content (AvgIpc) is 3.22. The van der Waals surface area contributed by atoms with Crippen LogP contribution in [0.25, 0.3) is 5.52 Å². The number of aliphatic hydroxyl groups excluding tert-OH is 1. The summed E-state index contributed by atoms with van der Waals surface area (Å²) in [6, 6.07) is 3.88. The number of aliphatic hydroxyl groups is 1. The lowest BCUT2D eigenvalue weighted by molar-refractivity contribution is -0.139. The van der Waals surface area contributed by atoms with E-state index in [1.165, 1.54) is 17.8 Å². The van der Waals surface area contributed by atoms with E-state index >= 15 is 0 Å². The maximum absolute atomic E-state index is 12.8. The number of carboxylic acid groups (broad SMARTS) is 1. The molecule has 2 fully saturated rings. The highest BCUT2D eigenvalue weighted by Gasteiger charge is 2.63. The van der Waals surface area contributed by atoms with Crippen molar-refractivity contribution in [2.45, 2.75) is 36.9 Å². The Morgan fingerprint density at radius 3 is 3.03 bits per heavy atom. The van der Waals surface area contributed by atoms with E-state index in [-0.39, 0.29) is 5.82 Å². The molecule has 29 heavy (non-hydrogen) atoms. The van der Waals surface area contributed by atoms with Gasteiger partial charge >= 0.3 is 13.7 Å². The molecule has 6 atom stereocenters. The first-order chi connectivity index (χ1) is 13.7. The fraction of sp³-hybridized carbons (Fsp3) is 0.467. The van der Waals surface area contributed by atoms with Crippen LogP contribution in [-0.2, 0) is 23.1 Å². The van der Waals surface area contributed by atoms with Crippen molar-refractivity contribution >= 4 is 25.1 Å². The number of nitrogens with two attached hydrogens (primary N) is 1. The van der Waals surface area contributed by atoms with Crippen LogP contribution in [0.3, 0.4) is 0 Å². The minimum atomic E-state index is -4.12. The van der Waals surface area contributed by atoms with Gasteiger partial charge in [-0.2, -0.15) is 10.4 Å². The van der Waals surface area contributed by atoms with Gasteiger partial charge in [0.05, 0.1) is 5.69 Å². The minimum absolute atomic E-state index is 0.210. The lowest BCUT2D eigenvalue weighted by Gasteiger charge is -2.36. The first-order valence-electron chi connectivity index (χ1n) is 8.48. The standard InChI is InChI=1S/C15H17N6O7P/c1-7(14(23)24)20-29(25)26-5-15(4-16)12(28-29)10(22)11(27-15)8-2-3-9-13(17)18-6-19-21(8)9/h2-3,6-7,10-12,22H,5H2,1H3,(H,20,25)(H,23,24)(H2,17,18,19)/t7?,10-,11-,12-,15+,29?/m0/s1. The van der Waals surface area contributed by atoms with Crippen molar-refractivity contribution in [3.63, 3.8) is 0 Å². The number of hydrogen-bond acceptors (Lipinski definition) is 10. The van der Waals surface area contributed by atoms with E-state index in [2.05, 4.69) is 15.2 Å². The Kier molecular flexibility index (Phi) is 4.58. The molecule has 0 bridgehead atoms. The molecule has 0 aromatic carbocycles. The Bertz CT molecular complexity index is 1070. The number of carboxylic acids is 1. The van der Waals surface area contributed by atoms with Crippen molar-refractivity contribution in [1.29, 1.82) is 5.26 Å². The maximum Gasteiger partial charge on any atom is 0.406 e. The van der Waals surface area contributed by atoms with Gasteiger partial charge in [-0.15, -0.1) is 0 Å². The molecule has 0 saturated carbocycles. The fourth-order valence-corrected chi connectivity index (χ4v) is 5.07. The Morgan fingerprint density at radius 1 is 1.59 bits per heavy atom. The Hall–Kier alpha value is -2.59. The van der Waals surface area contributed by atoms with Gasteiger partial charge in [0.25, 0.3) is 0 Å². The van der Waals surface area contributed by atoms with Gasteiger partial charge in [0, 0.05) is 0 Å². The molecule has 4 heterocycles. The van der Waals surface area contributed by atoms with Crippen LogP contribution in [0.15, 0.2) is 18.5 Å². The van der Waals surface area contributed by atoms with Crippen LogP contribution in [0, 0.1) is 11.3 Å². The number of nitrogen functional groups attached to an aromatic ring is 1. The number of ether oxygens (including phenoxy) is 1. The number of aliphatic carboxylic acids is 1. The van der Waals surface area contributed by atoms with Crippen LogP contribution >= 0.6 is 7.75 Å². The molecule has 14 heteroatoms. The SMILES string of the molecule is CC(NP1(=O)OC[C@@]2(C#N)O[C@@H](c3ccc4c(N)ncnn34)[C@H](O)[C@@H]2O1)C(=O)O. The van der Waals surface area contributed by atoms with Crippen molar-refractivity contribution < 1.29 is 33.4 Å². The molecule has 154 valence electrons. The predicted molar refractivity (Wildman–Crippen MR) is 94.2 cm³/mol. The van der Waals surface area contributed by atoms with Gasteiger partial charge in [-0.1, -0.05) is 0 Å². The van der Waals surface area contributed by atoms with E-state index in [0.29, 0.717) is 11.2 Å². The number of fused-ring (bicyclic) bond motifs is 2. The largest absolute Gasteiger partial charge is 0.480 e. The molecule has 13 nitrogen and oxygen atoms in total. The molecule has 4 rings (SSSR count). The monoisotopic (exact) mass is 424 g/mol. The number of anilines is 1. The summed E-state index contributed by atoms with van der Waals surface area (Å²) < 4.78 is 30.6. The van der Waals surface area contributed by atoms with Crippen LogP contribution in [0.1, 0.15) is 18.7 Å². The van der Waals surface area contributed by atoms with Gasteiger partial charge in [-0.25, -0.2) is 19.2 Å². The van der Waals surface area contributed by atoms with E-state index < -0.39 is 50.3 Å². The normalized spacial score (nSPS) is 35.1. The molecule has 0 amide bonds. The van der Waals surface area contributed by atoms with Gasteiger partial charge in [-0.3, -0.25) is 13.8 Å². The van der Waals surface area contributed by atoms with Crippen LogP contribution < -0.4 is 10.8 Å². The van der Waals surface area contributed by atoms with Gasteiger partial charge in [0.2, 0.25) is 5.60 Å². The van der Waals surface area contributed by atoms with Crippen molar-refractivity contribution in [1.82, 2.24) is 19.7 Å². The van der Waals surface area contributed by atoms with Gasteiger partial charge in [0.15, 0.2) is 5.82 Å². The van der Waals surface area contributed by atoms with E-state index in [4.69, 9.17) is 24.6 Å². The molecule has 2 aliphatic rings. The first kappa shape index (κ1) is 19.7. The zero-order chi connectivity index (χ0) is 21.0. The fourth-order valence-electron chi connectivity index (χ4n) is 3.33. The third kappa shape index (κ3) is 3.06. The number of carbonyl (C=O) groups is 1. The lowest BCUT2D eigenvalue weighted by Crippen LogP contribution is -2.52. The number of nitrogens with one attached hydrogen (secondary N) is 1. The minimum Gasteiger partial charge on any atom is -0.480 e. The molecular formula is C15H17N6O7P. The second kappa shape index (κ2) is 6.74. The molecule has 0 radical (unpaired) electrons. The molecule has 2 aromatic heterocycles. The quantitative estimate of drug-likeness (QED) is 0.464. The van der Waals surface area contributed by atoms with Crippen LogP contribution in [0.5, 0.6) is 0 Å². The third-order valence-electron chi connectivity index (χ3n) is 4.83. The van der Waals surface area contributed by atoms with Crippen LogP contribution in [0.4, 0.5) is 5.82 Å². The van der Waals surface area contributed by atoms with Crippen molar-refractivity contribution in [2.24, 2.45) is 0 Å². The highest BCUT2D eigenvalue weighted by atomic mass is 31.2. The summed E-state index contributed by atoms with van der Waals surface area (Å²) in [5, 5.41) is 35.9. The molecule has 2 aromatic rings. The second-order valence-corrected chi connectivity index (χ2v) is 8.44. The summed E-state index contributed by atoms with van der Waals surface area (Å²) >= 11 is 0. The topological polar surface area (TPSA) is 194 Å². The maximum atomic E-state index is 12.8. The van der Waals surface area contributed by atoms with Gasteiger partial charge < -0.3 is 20.7 Å². The Labute approximate surface area is 163 Å². The first-order valence-corrected chi connectivity index (χ1v) is 10.0. The van der Waals surface area contributed by atoms with E-state index in [1.807, 2.05) is 6.07 Å². The van der Waals surface area contributed by atoms with Crippen molar-refractivity contribution in [2.75, 3.05) is 12.3 Å². The third-order valence-corrected chi connectivity index (χ3v) is 6.51. The Morgan fingerprint density at radius 2 is 2.34 bits per heavy atom. The van der Waals surface area contributed by atoms with Gasteiger partial charge in [0.1, 0.15) is 48.9 Å². The van der Waals surface area contributed by atoms with Crippen molar-refractivity contribution in [3.05, 3.63) is 24.2 Å². The number of rotatable bonds is 4. The zero-order valence-electron chi connectivity index (χ0n) is 15.0. The Balaban J connectivity index is 1.67. The molecule has 5 N–H and O–H groups in total. The number of nitrogens with zero attached hydrogens (tertiary/aromatic N) is 4. The predicted octanol–water partition coefficient (Wildman–Crippen LogP) is -0.408. The van der Waals surface area contributed by atoms with E-state index in [9.17, 15) is 19.7 Å². The highest BCUT2D eigenvalue weighted by molar-refractivity contribution is 7.51. The van der Waals surface area contributed by atoms with Crippen LogP contribution in [-0.4, -0.2) is 61.2 Å². The van der Waals surface area contributed by atoms with Crippen molar-refractivity contribution in [3.8, 4) is 6.07 Å². The zero-order valence-corrected chi connectivity index (χ0v) is 15.9. The smallest absolute Gasteiger partial charge is 0.406 e. The molecular weight excluding hydrogens is 407 g/mol. The summed E-state index contributed by atoms with van der Waals surface area (Å²) in [7, 11) is -4.12. The summed E-state index contributed by atoms with van der Waals surface area (Å²) in [5.41, 5.74) is 4.90. The molecule has 2 unspecified atom stereocenters. The molecule has 2 aliphatic heterocycles. The number of nitriles is 1. The van der Waals surface area contributed by atoms with Gasteiger partial charge in [-0.05, 0) is 19.1 Å². The average molecular weight is 424 g/mol. The summed E-state index contributed by atoms with van der Waals surface area (Å²) in [6.07, 6.45) is -2.65. The summed E-state index contributed by atoms with van der Waals surface area (Å²) in [6.45, 7) is 0.751. The summed E-state index contributed by atoms with van der Waals surface area (Å²) in [4.78, 5) is 14.9. The highest BCUT2D eigenvalue weighted by Crippen LogP contribution is 2.57. The molecule has 0 spiro atoms. The lowest BCUT2D eigenvalue weighted by atomic mass is 9.96.